The van der Waals surface area contributed by atoms with Crippen molar-refractivity contribution in [1.82, 2.24) is 4.90 Å². The molecule has 2 aliphatic rings. The van der Waals surface area contributed by atoms with Crippen LogP contribution < -0.4 is 4.74 Å². The van der Waals surface area contributed by atoms with E-state index in [1.54, 1.807) is 11.9 Å². The Morgan fingerprint density at radius 1 is 1.17 bits per heavy atom. The summed E-state index contributed by atoms with van der Waals surface area (Å²) in [6, 6.07) is 5.15. The summed E-state index contributed by atoms with van der Waals surface area (Å²) in [5, 5.41) is 23.3. The molecule has 2 atom stereocenters. The first-order valence-corrected chi connectivity index (χ1v) is 7.37. The summed E-state index contributed by atoms with van der Waals surface area (Å²) in [5.41, 5.74) is -3.03. The summed E-state index contributed by atoms with van der Waals surface area (Å²) in [6.45, 7) is 0.186. The maximum atomic E-state index is 13.0. The van der Waals surface area contributed by atoms with Crippen LogP contribution in [0, 0.1) is 26.0 Å². The largest absolute Gasteiger partial charge is 0.461 e. The van der Waals surface area contributed by atoms with Crippen LogP contribution in [0.25, 0.3) is 0 Å². The van der Waals surface area contributed by atoms with Gasteiger partial charge in [0.15, 0.2) is 0 Å². The fraction of sp³-hybridized carbons (Fsp3) is 0.467. The number of ether oxygens (including phenoxy) is 1. The third-order valence-electron chi connectivity index (χ3n) is 4.49. The van der Waals surface area contributed by atoms with Crippen LogP contribution in [-0.4, -0.2) is 46.0 Å². The SMILES string of the molecule is CN1C[C@]2([N+](=O)[O-])C=C(Oc3ccc(F)cc3)C[C@@]([N+](=O)[O-])(C1)C2. The lowest BCUT2D eigenvalue weighted by Crippen LogP contribution is -2.65. The number of hydrogen-bond acceptors (Lipinski definition) is 6. The maximum absolute atomic E-state index is 13.0. The molecule has 1 heterocycles. The van der Waals surface area contributed by atoms with Crippen molar-refractivity contribution in [3.8, 4) is 5.75 Å². The van der Waals surface area contributed by atoms with Gasteiger partial charge in [0.2, 0.25) is 5.54 Å². The van der Waals surface area contributed by atoms with Crippen molar-refractivity contribution in [2.75, 3.05) is 20.1 Å². The van der Waals surface area contributed by atoms with Crippen LogP contribution in [0.1, 0.15) is 12.8 Å². The fourth-order valence-electron chi connectivity index (χ4n) is 3.68. The van der Waals surface area contributed by atoms with Gasteiger partial charge in [0.25, 0.3) is 5.54 Å². The summed E-state index contributed by atoms with van der Waals surface area (Å²) in [4.78, 5) is 24.0. The molecule has 0 aromatic heterocycles. The number of benzene rings is 1. The van der Waals surface area contributed by atoms with Gasteiger partial charge in [0.05, 0.1) is 25.9 Å². The average molecular weight is 337 g/mol. The molecule has 24 heavy (non-hydrogen) atoms. The molecule has 0 amide bonds. The number of piperidine rings is 1. The molecule has 1 aromatic rings. The zero-order chi connectivity index (χ0) is 17.5. The number of fused-ring (bicyclic) bond motifs is 2. The Labute approximate surface area is 136 Å². The van der Waals surface area contributed by atoms with Gasteiger partial charge < -0.3 is 4.74 Å². The van der Waals surface area contributed by atoms with Gasteiger partial charge in [-0.3, -0.25) is 25.1 Å². The van der Waals surface area contributed by atoms with E-state index < -0.39 is 26.7 Å². The first-order valence-electron chi connectivity index (χ1n) is 7.37. The van der Waals surface area contributed by atoms with Gasteiger partial charge in [-0.1, -0.05) is 0 Å². The molecule has 0 spiro atoms. The second-order valence-electron chi connectivity index (χ2n) is 6.53. The van der Waals surface area contributed by atoms with E-state index in [9.17, 15) is 24.6 Å². The third-order valence-corrected chi connectivity index (χ3v) is 4.49. The number of halogens is 1. The van der Waals surface area contributed by atoms with E-state index in [0.717, 1.165) is 0 Å². The minimum Gasteiger partial charge on any atom is -0.461 e. The van der Waals surface area contributed by atoms with Gasteiger partial charge in [-0.05, 0) is 31.3 Å². The van der Waals surface area contributed by atoms with E-state index in [4.69, 9.17) is 4.74 Å². The number of likely N-dealkylation sites (N-methyl/N-ethyl adjacent to an activating group) is 1. The molecule has 3 rings (SSSR count). The summed E-state index contributed by atoms with van der Waals surface area (Å²) in [6.07, 6.45) is 1.16. The highest BCUT2D eigenvalue weighted by Crippen LogP contribution is 2.43. The van der Waals surface area contributed by atoms with Crippen LogP contribution in [0.3, 0.4) is 0 Å². The highest BCUT2D eigenvalue weighted by atomic mass is 19.1. The van der Waals surface area contributed by atoms with Crippen molar-refractivity contribution < 1.29 is 19.0 Å². The van der Waals surface area contributed by atoms with Crippen LogP contribution in [0.4, 0.5) is 4.39 Å². The van der Waals surface area contributed by atoms with E-state index >= 15 is 0 Å². The number of hydrogen-bond donors (Lipinski definition) is 0. The predicted molar refractivity (Wildman–Crippen MR) is 81.3 cm³/mol. The average Bonchev–Trinajstić information content (AvgIpc) is 2.48. The second-order valence-corrected chi connectivity index (χ2v) is 6.53. The molecule has 1 fully saturated rings. The van der Waals surface area contributed by atoms with Gasteiger partial charge in [-0.2, -0.15) is 0 Å². The lowest BCUT2D eigenvalue weighted by molar-refractivity contribution is -0.620. The third kappa shape index (κ3) is 2.71. The van der Waals surface area contributed by atoms with E-state index in [1.807, 2.05) is 0 Å². The van der Waals surface area contributed by atoms with Crippen molar-refractivity contribution >= 4 is 0 Å². The molecule has 9 heteroatoms. The van der Waals surface area contributed by atoms with Crippen molar-refractivity contribution in [3.05, 3.63) is 62.1 Å². The van der Waals surface area contributed by atoms with Crippen LogP contribution >= 0.6 is 0 Å². The highest BCUT2D eigenvalue weighted by Gasteiger charge is 2.64. The van der Waals surface area contributed by atoms with Gasteiger partial charge >= 0.3 is 0 Å². The highest BCUT2D eigenvalue weighted by molar-refractivity contribution is 5.28. The first-order chi connectivity index (χ1) is 11.2. The zero-order valence-corrected chi connectivity index (χ0v) is 13.0. The van der Waals surface area contributed by atoms with Crippen LogP contribution in [0.2, 0.25) is 0 Å². The molecular weight excluding hydrogens is 321 g/mol. The summed E-state index contributed by atoms with van der Waals surface area (Å²) < 4.78 is 18.6. The van der Waals surface area contributed by atoms with Gasteiger partial charge in [-0.25, -0.2) is 4.39 Å². The Bertz CT molecular complexity index is 722. The van der Waals surface area contributed by atoms with E-state index in [-0.39, 0.29) is 37.4 Å². The summed E-state index contributed by atoms with van der Waals surface area (Å²) in [5.74, 6) is 0.0179. The fourth-order valence-corrected chi connectivity index (χ4v) is 3.68. The van der Waals surface area contributed by atoms with Crippen molar-refractivity contribution in [2.24, 2.45) is 0 Å². The number of rotatable bonds is 4. The molecule has 0 N–H and O–H groups in total. The molecule has 1 saturated heterocycles. The molecule has 1 aliphatic carbocycles. The summed E-state index contributed by atoms with van der Waals surface area (Å²) >= 11 is 0. The molecule has 1 aliphatic heterocycles. The molecule has 0 unspecified atom stereocenters. The Morgan fingerprint density at radius 3 is 2.42 bits per heavy atom. The second kappa shape index (κ2) is 5.52. The molecule has 0 saturated carbocycles. The zero-order valence-electron chi connectivity index (χ0n) is 13.0. The lowest BCUT2D eigenvalue weighted by Gasteiger charge is -2.43. The quantitative estimate of drug-likeness (QED) is 0.614. The molecule has 1 aromatic carbocycles. The maximum Gasteiger partial charge on any atom is 0.263 e. The molecule has 8 nitrogen and oxygen atoms in total. The van der Waals surface area contributed by atoms with Crippen LogP contribution in [-0.2, 0) is 0 Å². The summed E-state index contributed by atoms with van der Waals surface area (Å²) in [7, 11) is 1.63. The molecule has 0 radical (unpaired) electrons. The standard InChI is InChI=1S/C15H16FN3O5/c1-17-9-14(18(20)21)6-13(7-15(8-14,10-17)19(22)23)24-12-4-2-11(16)3-5-12/h2-6H,7-10H2,1H3/t14-,15-/m0/s1. The number of nitrogens with zero attached hydrogens (tertiary/aromatic N) is 3. The first kappa shape index (κ1) is 16.3. The minimum atomic E-state index is -1.56. The Balaban J connectivity index is 2.00. The van der Waals surface area contributed by atoms with Gasteiger partial charge in [-0.15, -0.1) is 0 Å². The lowest BCUT2D eigenvalue weighted by atomic mass is 9.71. The smallest absolute Gasteiger partial charge is 0.263 e. The van der Waals surface area contributed by atoms with E-state index in [2.05, 4.69) is 0 Å². The van der Waals surface area contributed by atoms with Crippen molar-refractivity contribution in [2.45, 2.75) is 23.9 Å². The van der Waals surface area contributed by atoms with E-state index in [0.29, 0.717) is 0 Å². The number of likely N-dealkylation sites (tertiary alicyclic amines) is 1. The molecule has 2 bridgehead atoms. The Morgan fingerprint density at radius 2 is 1.83 bits per heavy atom. The van der Waals surface area contributed by atoms with Crippen LogP contribution in [0.15, 0.2) is 36.1 Å². The van der Waals surface area contributed by atoms with Gasteiger partial charge in [0.1, 0.15) is 17.3 Å². The monoisotopic (exact) mass is 337 g/mol. The number of nitro groups is 2. The Kier molecular flexibility index (Phi) is 3.75. The van der Waals surface area contributed by atoms with Gasteiger partial charge in [0, 0.05) is 15.9 Å². The van der Waals surface area contributed by atoms with E-state index in [1.165, 1.54) is 30.3 Å². The van der Waals surface area contributed by atoms with Crippen molar-refractivity contribution in [3.63, 3.8) is 0 Å². The van der Waals surface area contributed by atoms with Crippen molar-refractivity contribution in [1.29, 1.82) is 0 Å². The topological polar surface area (TPSA) is 98.8 Å². The predicted octanol–water partition coefficient (Wildman–Crippen LogP) is 1.86. The normalized spacial score (nSPS) is 29.7. The van der Waals surface area contributed by atoms with Crippen LogP contribution in [0.5, 0.6) is 5.75 Å². The molecular formula is C15H16FN3O5. The minimum absolute atomic E-state index is 0.0443. The Hall–Kier alpha value is -2.55. The molecule has 128 valence electrons.